The Hall–Kier alpha value is -0.820. The van der Waals surface area contributed by atoms with Crippen molar-refractivity contribution in [2.45, 2.75) is 65.5 Å². The Morgan fingerprint density at radius 1 is 1.12 bits per heavy atom. The van der Waals surface area contributed by atoms with Gasteiger partial charge >= 0.3 is 0 Å². The van der Waals surface area contributed by atoms with Crippen LogP contribution in [0.1, 0.15) is 63.6 Å². The van der Waals surface area contributed by atoms with Gasteiger partial charge in [-0.3, -0.25) is 0 Å². The Kier molecular flexibility index (Phi) is 6.28. The van der Waals surface area contributed by atoms with Crippen LogP contribution in [0.3, 0.4) is 0 Å². The van der Waals surface area contributed by atoms with E-state index in [1.54, 1.807) is 0 Å². The van der Waals surface area contributed by atoms with Gasteiger partial charge in [0.25, 0.3) is 0 Å². The maximum atomic E-state index is 3.70. The Morgan fingerprint density at radius 3 is 2.47 bits per heavy atom. The molecule has 0 spiro atoms. The number of benzene rings is 1. The zero-order chi connectivity index (χ0) is 12.7. The van der Waals surface area contributed by atoms with Crippen molar-refractivity contribution < 1.29 is 0 Å². The summed E-state index contributed by atoms with van der Waals surface area (Å²) in [5.74, 6) is 0. The summed E-state index contributed by atoms with van der Waals surface area (Å²) < 4.78 is 0. The van der Waals surface area contributed by atoms with Crippen LogP contribution in [0, 0.1) is 6.92 Å². The summed E-state index contributed by atoms with van der Waals surface area (Å²) >= 11 is 0. The molecule has 1 aromatic rings. The van der Waals surface area contributed by atoms with Crippen LogP contribution in [-0.4, -0.2) is 6.04 Å². The molecule has 0 amide bonds. The Balaban J connectivity index is 2.43. The van der Waals surface area contributed by atoms with Gasteiger partial charge in [0.05, 0.1) is 0 Å². The van der Waals surface area contributed by atoms with E-state index in [1.807, 2.05) is 0 Å². The van der Waals surface area contributed by atoms with Crippen LogP contribution in [0.15, 0.2) is 24.3 Å². The lowest BCUT2D eigenvalue weighted by Gasteiger charge is -2.21. The second-order valence-electron chi connectivity index (χ2n) is 5.14. The lowest BCUT2D eigenvalue weighted by Crippen LogP contribution is -2.29. The van der Waals surface area contributed by atoms with Crippen molar-refractivity contribution >= 4 is 0 Å². The number of nitrogens with one attached hydrogen (secondary N) is 1. The largest absolute Gasteiger partial charge is 0.308 e. The first-order valence-corrected chi connectivity index (χ1v) is 6.96. The van der Waals surface area contributed by atoms with Crippen LogP contribution in [0.5, 0.6) is 0 Å². The van der Waals surface area contributed by atoms with Gasteiger partial charge in [0, 0.05) is 12.1 Å². The van der Waals surface area contributed by atoms with E-state index in [9.17, 15) is 0 Å². The van der Waals surface area contributed by atoms with Gasteiger partial charge in [0.1, 0.15) is 0 Å². The van der Waals surface area contributed by atoms with Crippen LogP contribution in [0.25, 0.3) is 0 Å². The molecule has 0 heterocycles. The normalized spacial score (nSPS) is 14.6. The summed E-state index contributed by atoms with van der Waals surface area (Å²) in [4.78, 5) is 0. The SMILES string of the molecule is CCCCCC(C)NC(C)c1ccccc1C. The summed E-state index contributed by atoms with van der Waals surface area (Å²) in [6.45, 7) is 9.01. The molecule has 0 bridgehead atoms. The van der Waals surface area contributed by atoms with E-state index in [0.717, 1.165) is 0 Å². The molecule has 1 heteroatoms. The fourth-order valence-electron chi connectivity index (χ4n) is 2.37. The number of rotatable bonds is 7. The fourth-order valence-corrected chi connectivity index (χ4v) is 2.37. The average molecular weight is 233 g/mol. The van der Waals surface area contributed by atoms with Crippen LogP contribution >= 0.6 is 0 Å². The molecule has 0 fully saturated rings. The second-order valence-corrected chi connectivity index (χ2v) is 5.14. The summed E-state index contributed by atoms with van der Waals surface area (Å²) in [7, 11) is 0. The van der Waals surface area contributed by atoms with Crippen LogP contribution < -0.4 is 5.32 Å². The number of hydrogen-bond acceptors (Lipinski definition) is 1. The third-order valence-corrected chi connectivity index (χ3v) is 3.43. The summed E-state index contributed by atoms with van der Waals surface area (Å²) in [6.07, 6.45) is 5.28. The highest BCUT2D eigenvalue weighted by Crippen LogP contribution is 2.18. The molecule has 1 rings (SSSR count). The molecule has 17 heavy (non-hydrogen) atoms. The maximum Gasteiger partial charge on any atom is 0.0296 e. The zero-order valence-electron chi connectivity index (χ0n) is 11.8. The smallest absolute Gasteiger partial charge is 0.0296 e. The predicted molar refractivity (Wildman–Crippen MR) is 76.3 cm³/mol. The minimum Gasteiger partial charge on any atom is -0.308 e. The third-order valence-electron chi connectivity index (χ3n) is 3.43. The van der Waals surface area contributed by atoms with E-state index in [0.29, 0.717) is 12.1 Å². The quantitative estimate of drug-likeness (QED) is 0.678. The van der Waals surface area contributed by atoms with Crippen molar-refractivity contribution in [2.24, 2.45) is 0 Å². The Bertz CT molecular complexity index is 319. The first-order chi connectivity index (χ1) is 8.15. The summed E-state index contributed by atoms with van der Waals surface area (Å²) in [5, 5.41) is 3.70. The molecule has 1 aromatic carbocycles. The first kappa shape index (κ1) is 14.2. The van der Waals surface area contributed by atoms with Gasteiger partial charge in [-0.25, -0.2) is 0 Å². The van der Waals surface area contributed by atoms with E-state index in [1.165, 1.54) is 36.8 Å². The van der Waals surface area contributed by atoms with Gasteiger partial charge in [-0.15, -0.1) is 0 Å². The molecule has 2 atom stereocenters. The van der Waals surface area contributed by atoms with Crippen LogP contribution in [0.2, 0.25) is 0 Å². The van der Waals surface area contributed by atoms with E-state index < -0.39 is 0 Å². The molecule has 1 nitrogen and oxygen atoms in total. The number of aryl methyl sites for hydroxylation is 1. The molecular weight excluding hydrogens is 206 g/mol. The van der Waals surface area contributed by atoms with Crippen LogP contribution in [-0.2, 0) is 0 Å². The highest BCUT2D eigenvalue weighted by atomic mass is 14.9. The van der Waals surface area contributed by atoms with Crippen molar-refractivity contribution in [3.63, 3.8) is 0 Å². The summed E-state index contributed by atoms with van der Waals surface area (Å²) in [5.41, 5.74) is 2.81. The van der Waals surface area contributed by atoms with Gasteiger partial charge in [-0.2, -0.15) is 0 Å². The van der Waals surface area contributed by atoms with Crippen molar-refractivity contribution in [2.75, 3.05) is 0 Å². The van der Waals surface area contributed by atoms with Gasteiger partial charge in [0.15, 0.2) is 0 Å². The maximum absolute atomic E-state index is 3.70. The molecule has 0 aliphatic rings. The third kappa shape index (κ3) is 4.91. The lowest BCUT2D eigenvalue weighted by atomic mass is 10.0. The van der Waals surface area contributed by atoms with E-state index in [-0.39, 0.29) is 0 Å². The minimum absolute atomic E-state index is 0.452. The molecule has 0 aliphatic heterocycles. The monoisotopic (exact) mass is 233 g/mol. The van der Waals surface area contributed by atoms with Crippen LogP contribution in [0.4, 0.5) is 0 Å². The lowest BCUT2D eigenvalue weighted by molar-refractivity contribution is 0.439. The molecular formula is C16H27N. The van der Waals surface area contributed by atoms with Gasteiger partial charge < -0.3 is 5.32 Å². The van der Waals surface area contributed by atoms with E-state index in [4.69, 9.17) is 0 Å². The average Bonchev–Trinajstić information content (AvgIpc) is 2.29. The molecule has 0 radical (unpaired) electrons. The van der Waals surface area contributed by atoms with Crippen molar-refractivity contribution in [1.82, 2.24) is 5.32 Å². The first-order valence-electron chi connectivity index (χ1n) is 6.96. The molecule has 96 valence electrons. The fraction of sp³-hybridized carbons (Fsp3) is 0.625. The van der Waals surface area contributed by atoms with E-state index >= 15 is 0 Å². The van der Waals surface area contributed by atoms with Crippen molar-refractivity contribution in [3.8, 4) is 0 Å². The molecule has 1 N–H and O–H groups in total. The summed E-state index contributed by atoms with van der Waals surface area (Å²) in [6, 6.07) is 9.71. The molecule has 0 aromatic heterocycles. The highest BCUT2D eigenvalue weighted by Gasteiger charge is 2.10. The Labute approximate surface area is 107 Å². The minimum atomic E-state index is 0.452. The van der Waals surface area contributed by atoms with Crippen molar-refractivity contribution in [1.29, 1.82) is 0 Å². The topological polar surface area (TPSA) is 12.0 Å². The van der Waals surface area contributed by atoms with Gasteiger partial charge in [0.2, 0.25) is 0 Å². The van der Waals surface area contributed by atoms with Crippen molar-refractivity contribution in [3.05, 3.63) is 35.4 Å². The van der Waals surface area contributed by atoms with Gasteiger partial charge in [-0.05, 0) is 38.3 Å². The zero-order valence-corrected chi connectivity index (χ0v) is 11.8. The standard InChI is InChI=1S/C16H27N/c1-5-6-7-11-14(3)17-15(4)16-12-9-8-10-13(16)2/h8-10,12,14-15,17H,5-7,11H2,1-4H3. The molecule has 0 saturated heterocycles. The predicted octanol–water partition coefficient (Wildman–Crippen LogP) is 4.61. The number of unbranched alkanes of at least 4 members (excludes halogenated alkanes) is 2. The second kappa shape index (κ2) is 7.50. The van der Waals surface area contributed by atoms with Gasteiger partial charge in [-0.1, -0.05) is 50.5 Å². The highest BCUT2D eigenvalue weighted by molar-refractivity contribution is 5.28. The van der Waals surface area contributed by atoms with E-state index in [2.05, 4.69) is 57.3 Å². The number of hydrogen-bond donors (Lipinski definition) is 1. The molecule has 0 aliphatic carbocycles. The molecule has 0 saturated carbocycles. The Morgan fingerprint density at radius 2 is 1.82 bits per heavy atom. The molecule has 2 unspecified atom stereocenters.